The summed E-state index contributed by atoms with van der Waals surface area (Å²) in [6, 6.07) is 2.88. The molecule has 0 aromatic heterocycles. The van der Waals surface area contributed by atoms with Crippen molar-refractivity contribution in [2.45, 2.75) is 10.8 Å². The van der Waals surface area contributed by atoms with Crippen LogP contribution in [-0.4, -0.2) is 39.1 Å². The number of carbonyl (C=O) groups is 1. The second kappa shape index (κ2) is 4.71. The van der Waals surface area contributed by atoms with E-state index in [1.807, 2.05) is 0 Å². The van der Waals surface area contributed by atoms with E-state index in [4.69, 9.17) is 20.3 Å². The Labute approximate surface area is 109 Å². The molecule has 1 heterocycles. The Bertz CT molecular complexity index is 624. The summed E-state index contributed by atoms with van der Waals surface area (Å²) in [7, 11) is -3.67. The number of benzene rings is 1. The SMILES string of the molecule is CS(=O)(=O)c1c(C(CN)C(=O)O)ccc2c1OCO2. The molecule has 7 nitrogen and oxygen atoms in total. The fourth-order valence-electron chi connectivity index (χ4n) is 1.98. The van der Waals surface area contributed by atoms with E-state index in [0.29, 0.717) is 0 Å². The van der Waals surface area contributed by atoms with Crippen molar-refractivity contribution in [2.75, 3.05) is 19.6 Å². The van der Waals surface area contributed by atoms with Crippen molar-refractivity contribution >= 4 is 15.8 Å². The highest BCUT2D eigenvalue weighted by Crippen LogP contribution is 2.42. The van der Waals surface area contributed by atoms with Crippen LogP contribution in [0.25, 0.3) is 0 Å². The molecule has 0 fully saturated rings. The molecule has 1 aromatic rings. The predicted molar refractivity (Wildman–Crippen MR) is 65.1 cm³/mol. The summed E-state index contributed by atoms with van der Waals surface area (Å²) in [4.78, 5) is 11.0. The molecular weight excluding hydrogens is 274 g/mol. The Morgan fingerprint density at radius 1 is 1.47 bits per heavy atom. The maximum atomic E-state index is 11.9. The van der Waals surface area contributed by atoms with Crippen LogP contribution in [0.4, 0.5) is 0 Å². The number of rotatable bonds is 4. The fraction of sp³-hybridized carbons (Fsp3) is 0.364. The van der Waals surface area contributed by atoms with Crippen molar-refractivity contribution in [1.82, 2.24) is 0 Å². The van der Waals surface area contributed by atoms with Crippen molar-refractivity contribution in [3.8, 4) is 11.5 Å². The van der Waals surface area contributed by atoms with Crippen LogP contribution in [0.15, 0.2) is 17.0 Å². The molecule has 1 aliphatic rings. The van der Waals surface area contributed by atoms with E-state index in [1.165, 1.54) is 12.1 Å². The lowest BCUT2D eigenvalue weighted by Gasteiger charge is -2.15. The molecule has 0 amide bonds. The topological polar surface area (TPSA) is 116 Å². The first-order valence-corrected chi connectivity index (χ1v) is 7.30. The maximum absolute atomic E-state index is 11.9. The largest absolute Gasteiger partial charge is 0.481 e. The number of aliphatic carboxylic acids is 1. The van der Waals surface area contributed by atoms with Gasteiger partial charge in [0.15, 0.2) is 21.3 Å². The van der Waals surface area contributed by atoms with Crippen LogP contribution in [0, 0.1) is 0 Å². The van der Waals surface area contributed by atoms with Crippen molar-refractivity contribution in [2.24, 2.45) is 5.73 Å². The van der Waals surface area contributed by atoms with Gasteiger partial charge in [0.2, 0.25) is 6.79 Å². The van der Waals surface area contributed by atoms with Crippen LogP contribution in [0.1, 0.15) is 11.5 Å². The molecule has 8 heteroatoms. The first kappa shape index (κ1) is 13.6. The highest BCUT2D eigenvalue weighted by atomic mass is 32.2. The molecule has 19 heavy (non-hydrogen) atoms. The molecule has 1 aromatic carbocycles. The van der Waals surface area contributed by atoms with E-state index in [9.17, 15) is 13.2 Å². The van der Waals surface area contributed by atoms with Crippen LogP contribution in [-0.2, 0) is 14.6 Å². The minimum absolute atomic E-state index is 0.0553. The number of ether oxygens (including phenoxy) is 2. The summed E-state index contributed by atoms with van der Waals surface area (Å²) >= 11 is 0. The van der Waals surface area contributed by atoms with Crippen LogP contribution < -0.4 is 15.2 Å². The Morgan fingerprint density at radius 3 is 2.68 bits per heavy atom. The fourth-order valence-corrected chi connectivity index (χ4v) is 3.11. The molecule has 104 valence electrons. The zero-order valence-corrected chi connectivity index (χ0v) is 10.9. The van der Waals surface area contributed by atoms with Crippen LogP contribution in [0.5, 0.6) is 11.5 Å². The summed E-state index contributed by atoms with van der Waals surface area (Å²) in [5, 5.41) is 9.12. The highest BCUT2D eigenvalue weighted by molar-refractivity contribution is 7.90. The van der Waals surface area contributed by atoms with Crippen molar-refractivity contribution in [3.63, 3.8) is 0 Å². The normalized spacial score (nSPS) is 15.3. The Balaban J connectivity index is 2.72. The molecule has 1 aliphatic heterocycles. The van der Waals surface area contributed by atoms with Crippen molar-refractivity contribution < 1.29 is 27.8 Å². The molecule has 2 rings (SSSR count). The molecular formula is C11H13NO6S. The lowest BCUT2D eigenvalue weighted by atomic mass is 9.99. The van der Waals surface area contributed by atoms with Gasteiger partial charge in [-0.15, -0.1) is 0 Å². The third-order valence-corrected chi connectivity index (χ3v) is 3.97. The molecule has 0 aliphatic carbocycles. The zero-order chi connectivity index (χ0) is 14.2. The molecule has 1 atom stereocenters. The van der Waals surface area contributed by atoms with Gasteiger partial charge in [-0.05, 0) is 11.6 Å². The van der Waals surface area contributed by atoms with Crippen LogP contribution >= 0.6 is 0 Å². The Morgan fingerprint density at radius 2 is 2.16 bits per heavy atom. The van der Waals surface area contributed by atoms with Gasteiger partial charge in [-0.1, -0.05) is 6.07 Å². The maximum Gasteiger partial charge on any atom is 0.312 e. The monoisotopic (exact) mass is 287 g/mol. The number of nitrogens with two attached hydrogens (primary N) is 1. The van der Waals surface area contributed by atoms with E-state index in [2.05, 4.69) is 0 Å². The number of sulfone groups is 1. The molecule has 0 saturated heterocycles. The van der Waals surface area contributed by atoms with Crippen molar-refractivity contribution in [1.29, 1.82) is 0 Å². The summed E-state index contributed by atoms with van der Waals surface area (Å²) < 4.78 is 34.0. The Hall–Kier alpha value is -1.80. The average Bonchev–Trinajstić information content (AvgIpc) is 2.75. The lowest BCUT2D eigenvalue weighted by molar-refractivity contribution is -0.138. The summed E-state index contributed by atoms with van der Waals surface area (Å²) in [5.41, 5.74) is 5.53. The van der Waals surface area contributed by atoms with Gasteiger partial charge >= 0.3 is 5.97 Å². The van der Waals surface area contributed by atoms with Gasteiger partial charge < -0.3 is 20.3 Å². The number of fused-ring (bicyclic) bond motifs is 1. The van der Waals surface area contributed by atoms with Gasteiger partial charge in [-0.25, -0.2) is 8.42 Å². The standard InChI is InChI=1S/C11H13NO6S/c1-19(15,16)10-6(7(4-12)11(13)14)2-3-8-9(10)18-5-17-8/h2-3,7H,4-5,12H2,1H3,(H,13,14). The van der Waals surface area contributed by atoms with Crippen LogP contribution in [0.2, 0.25) is 0 Å². The third kappa shape index (κ3) is 2.36. The lowest BCUT2D eigenvalue weighted by Crippen LogP contribution is -2.23. The van der Waals surface area contributed by atoms with Gasteiger partial charge in [-0.3, -0.25) is 4.79 Å². The summed E-state index contributed by atoms with van der Waals surface area (Å²) in [6.07, 6.45) is 0.989. The third-order valence-electron chi connectivity index (χ3n) is 2.80. The van der Waals surface area contributed by atoms with E-state index in [-0.39, 0.29) is 35.3 Å². The molecule has 3 N–H and O–H groups in total. The first-order valence-electron chi connectivity index (χ1n) is 5.41. The summed E-state index contributed by atoms with van der Waals surface area (Å²) in [6.45, 7) is -0.306. The second-order valence-electron chi connectivity index (χ2n) is 4.12. The zero-order valence-electron chi connectivity index (χ0n) is 10.1. The minimum Gasteiger partial charge on any atom is -0.481 e. The van der Waals surface area contributed by atoms with Gasteiger partial charge in [-0.2, -0.15) is 0 Å². The van der Waals surface area contributed by atoms with Crippen LogP contribution in [0.3, 0.4) is 0 Å². The molecule has 1 unspecified atom stereocenters. The number of carboxylic acid groups (broad SMARTS) is 1. The molecule has 0 bridgehead atoms. The first-order chi connectivity index (χ1) is 8.86. The highest BCUT2D eigenvalue weighted by Gasteiger charge is 2.32. The second-order valence-corrected chi connectivity index (χ2v) is 6.07. The van der Waals surface area contributed by atoms with Gasteiger partial charge in [0.25, 0.3) is 0 Å². The number of hydrogen-bond donors (Lipinski definition) is 2. The smallest absolute Gasteiger partial charge is 0.312 e. The molecule has 0 saturated carbocycles. The number of hydrogen-bond acceptors (Lipinski definition) is 6. The molecule has 0 spiro atoms. The van der Waals surface area contributed by atoms with E-state index < -0.39 is 21.7 Å². The predicted octanol–water partition coefficient (Wildman–Crippen LogP) is -0.0543. The van der Waals surface area contributed by atoms with E-state index in [0.717, 1.165) is 6.26 Å². The van der Waals surface area contributed by atoms with E-state index in [1.54, 1.807) is 0 Å². The summed E-state index contributed by atoms with van der Waals surface area (Å²) in [5.74, 6) is -1.96. The molecule has 0 radical (unpaired) electrons. The quantitative estimate of drug-likeness (QED) is 0.797. The Kier molecular flexibility index (Phi) is 3.38. The van der Waals surface area contributed by atoms with E-state index >= 15 is 0 Å². The average molecular weight is 287 g/mol. The van der Waals surface area contributed by atoms with Gasteiger partial charge in [0.1, 0.15) is 4.90 Å². The van der Waals surface area contributed by atoms with Gasteiger partial charge in [0.05, 0.1) is 5.92 Å². The number of carboxylic acids is 1. The van der Waals surface area contributed by atoms with Gasteiger partial charge in [0, 0.05) is 12.8 Å². The van der Waals surface area contributed by atoms with Crippen molar-refractivity contribution in [3.05, 3.63) is 17.7 Å². The minimum atomic E-state index is -3.67.